The number of amides is 2. The highest BCUT2D eigenvalue weighted by Crippen LogP contribution is 2.44. The number of alkyl carbamates (subject to hydrolysis) is 1. The zero-order chi connectivity index (χ0) is 28.4. The standard InChI is InChI=1S/C33H35N3O5/c37-30(35-33(31(38)39)16-17-36(21-33)19-23-8-2-1-3-9-23)29(18-22-14-15-22)34-32(40)41-20-28-26-12-6-4-10-24(26)25-11-5-7-13-27(25)28/h1-13,22,28-29H,14-21H2,(H,34,40)(H,35,37)(H,38,39). The number of carbonyl (C=O) groups is 3. The predicted octanol–water partition coefficient (Wildman–Crippen LogP) is 4.54. The third-order valence-corrected chi connectivity index (χ3v) is 8.59. The molecule has 1 aliphatic heterocycles. The van der Waals surface area contributed by atoms with Crippen molar-refractivity contribution in [1.82, 2.24) is 15.5 Å². The van der Waals surface area contributed by atoms with Gasteiger partial charge in [0.15, 0.2) is 5.54 Å². The topological polar surface area (TPSA) is 108 Å². The second-order valence-corrected chi connectivity index (χ2v) is 11.5. The molecule has 1 saturated heterocycles. The molecule has 3 aliphatic rings. The van der Waals surface area contributed by atoms with Gasteiger partial charge in [-0.05, 0) is 46.6 Å². The molecule has 2 amide bonds. The lowest BCUT2D eigenvalue weighted by molar-refractivity contribution is -0.147. The average molecular weight is 554 g/mol. The predicted molar refractivity (Wildman–Crippen MR) is 154 cm³/mol. The van der Waals surface area contributed by atoms with Crippen molar-refractivity contribution in [1.29, 1.82) is 0 Å². The third-order valence-electron chi connectivity index (χ3n) is 8.59. The summed E-state index contributed by atoms with van der Waals surface area (Å²) in [6, 6.07) is 25.2. The summed E-state index contributed by atoms with van der Waals surface area (Å²) in [5, 5.41) is 15.7. The maximum atomic E-state index is 13.5. The number of nitrogens with zero attached hydrogens (tertiary/aromatic N) is 1. The Kier molecular flexibility index (Phi) is 7.49. The van der Waals surface area contributed by atoms with Gasteiger partial charge in [0.25, 0.3) is 0 Å². The summed E-state index contributed by atoms with van der Waals surface area (Å²) in [4.78, 5) is 41.0. The highest BCUT2D eigenvalue weighted by Gasteiger charge is 2.47. The molecule has 212 valence electrons. The van der Waals surface area contributed by atoms with Crippen molar-refractivity contribution >= 4 is 18.0 Å². The smallest absolute Gasteiger partial charge is 0.407 e. The van der Waals surface area contributed by atoms with E-state index in [1.807, 2.05) is 59.5 Å². The SMILES string of the molecule is O=C(NC(CC1CC1)C(=O)NC1(C(=O)O)CCN(Cc2ccccc2)C1)OCC1c2ccccc2-c2ccccc21. The minimum atomic E-state index is -1.41. The zero-order valence-corrected chi connectivity index (χ0v) is 22.9. The number of rotatable bonds is 10. The molecule has 0 bridgehead atoms. The number of likely N-dealkylation sites (tertiary alicyclic amines) is 1. The quantitative estimate of drug-likeness (QED) is 0.340. The van der Waals surface area contributed by atoms with Gasteiger partial charge in [0, 0.05) is 25.6 Å². The van der Waals surface area contributed by atoms with E-state index in [4.69, 9.17) is 4.74 Å². The van der Waals surface area contributed by atoms with Crippen LogP contribution in [0.1, 0.15) is 48.3 Å². The summed E-state index contributed by atoms with van der Waals surface area (Å²) in [5.74, 6) is -1.30. The van der Waals surface area contributed by atoms with E-state index < -0.39 is 29.6 Å². The monoisotopic (exact) mass is 553 g/mol. The van der Waals surface area contributed by atoms with Gasteiger partial charge in [0.2, 0.25) is 5.91 Å². The molecule has 6 rings (SSSR count). The molecule has 3 aromatic rings. The largest absolute Gasteiger partial charge is 0.479 e. The van der Waals surface area contributed by atoms with Gasteiger partial charge in [-0.1, -0.05) is 91.7 Å². The van der Waals surface area contributed by atoms with Gasteiger partial charge in [0.05, 0.1) is 0 Å². The van der Waals surface area contributed by atoms with E-state index in [1.54, 1.807) is 0 Å². The van der Waals surface area contributed by atoms with Crippen molar-refractivity contribution in [2.45, 2.75) is 49.7 Å². The van der Waals surface area contributed by atoms with E-state index >= 15 is 0 Å². The number of carboxylic acids is 1. The molecule has 2 aliphatic carbocycles. The van der Waals surface area contributed by atoms with Crippen LogP contribution in [0.3, 0.4) is 0 Å². The fourth-order valence-electron chi connectivity index (χ4n) is 6.22. The van der Waals surface area contributed by atoms with Crippen LogP contribution in [0.15, 0.2) is 78.9 Å². The Morgan fingerprint density at radius 2 is 1.56 bits per heavy atom. The Hall–Kier alpha value is -4.17. The Morgan fingerprint density at radius 3 is 2.20 bits per heavy atom. The summed E-state index contributed by atoms with van der Waals surface area (Å²) in [7, 11) is 0. The maximum absolute atomic E-state index is 13.5. The average Bonchev–Trinajstić information content (AvgIpc) is 3.62. The second-order valence-electron chi connectivity index (χ2n) is 11.5. The van der Waals surface area contributed by atoms with Crippen LogP contribution in [-0.2, 0) is 20.9 Å². The molecule has 0 spiro atoms. The number of hydrogen-bond acceptors (Lipinski definition) is 5. The van der Waals surface area contributed by atoms with Crippen LogP contribution in [0, 0.1) is 5.92 Å². The number of ether oxygens (including phenoxy) is 1. The van der Waals surface area contributed by atoms with Gasteiger partial charge in [-0.2, -0.15) is 0 Å². The van der Waals surface area contributed by atoms with E-state index in [2.05, 4.69) is 34.9 Å². The Morgan fingerprint density at radius 1 is 0.927 bits per heavy atom. The third kappa shape index (κ3) is 5.84. The molecule has 2 unspecified atom stereocenters. The van der Waals surface area contributed by atoms with E-state index in [0.717, 1.165) is 40.7 Å². The Balaban J connectivity index is 1.10. The van der Waals surface area contributed by atoms with Crippen molar-refractivity contribution in [3.8, 4) is 11.1 Å². The number of hydrogen-bond donors (Lipinski definition) is 3. The molecular formula is C33H35N3O5. The number of carboxylic acid groups (broad SMARTS) is 1. The Bertz CT molecular complexity index is 1390. The van der Waals surface area contributed by atoms with Crippen LogP contribution >= 0.6 is 0 Å². The maximum Gasteiger partial charge on any atom is 0.407 e. The highest BCUT2D eigenvalue weighted by molar-refractivity contribution is 5.92. The number of carbonyl (C=O) groups excluding carboxylic acids is 2. The number of fused-ring (bicyclic) bond motifs is 3. The fraction of sp³-hybridized carbons (Fsp3) is 0.364. The summed E-state index contributed by atoms with van der Waals surface area (Å²) in [6.45, 7) is 1.50. The van der Waals surface area contributed by atoms with Crippen LogP contribution in [0.4, 0.5) is 4.79 Å². The van der Waals surface area contributed by atoms with Crippen LogP contribution in [-0.4, -0.2) is 59.3 Å². The van der Waals surface area contributed by atoms with Crippen molar-refractivity contribution in [3.05, 3.63) is 95.6 Å². The number of benzene rings is 3. The summed E-state index contributed by atoms with van der Waals surface area (Å²) in [6.07, 6.45) is 2.06. The fourth-order valence-corrected chi connectivity index (χ4v) is 6.22. The molecule has 2 atom stereocenters. The molecule has 0 aromatic heterocycles. The second kappa shape index (κ2) is 11.4. The van der Waals surface area contributed by atoms with Crippen LogP contribution in [0.2, 0.25) is 0 Å². The number of aliphatic carboxylic acids is 1. The molecular weight excluding hydrogens is 518 g/mol. The first-order valence-electron chi connectivity index (χ1n) is 14.3. The molecule has 1 heterocycles. The van der Waals surface area contributed by atoms with E-state index in [9.17, 15) is 19.5 Å². The minimum absolute atomic E-state index is 0.0896. The van der Waals surface area contributed by atoms with Gasteiger partial charge in [-0.3, -0.25) is 9.69 Å². The lowest BCUT2D eigenvalue weighted by Gasteiger charge is -2.29. The first-order chi connectivity index (χ1) is 19.9. The molecule has 0 radical (unpaired) electrons. The molecule has 8 nitrogen and oxygen atoms in total. The zero-order valence-electron chi connectivity index (χ0n) is 22.9. The molecule has 2 fully saturated rings. The van der Waals surface area contributed by atoms with Gasteiger partial charge in [-0.15, -0.1) is 0 Å². The van der Waals surface area contributed by atoms with Gasteiger partial charge in [-0.25, -0.2) is 9.59 Å². The summed E-state index contributed by atoms with van der Waals surface area (Å²) in [5.41, 5.74) is 4.18. The normalized spacial score (nSPS) is 20.6. The van der Waals surface area contributed by atoms with Crippen molar-refractivity contribution in [2.24, 2.45) is 5.92 Å². The van der Waals surface area contributed by atoms with Crippen molar-refractivity contribution in [3.63, 3.8) is 0 Å². The van der Waals surface area contributed by atoms with E-state index in [1.165, 1.54) is 0 Å². The summed E-state index contributed by atoms with van der Waals surface area (Å²) >= 11 is 0. The van der Waals surface area contributed by atoms with Gasteiger partial charge < -0.3 is 20.5 Å². The van der Waals surface area contributed by atoms with Crippen molar-refractivity contribution in [2.75, 3.05) is 19.7 Å². The lowest BCUT2D eigenvalue weighted by Crippen LogP contribution is -2.60. The van der Waals surface area contributed by atoms with E-state index in [0.29, 0.717) is 31.8 Å². The lowest BCUT2D eigenvalue weighted by atomic mass is 9.97. The molecule has 8 heteroatoms. The molecule has 3 aromatic carbocycles. The molecule has 1 saturated carbocycles. The van der Waals surface area contributed by atoms with Gasteiger partial charge in [0.1, 0.15) is 12.6 Å². The highest BCUT2D eigenvalue weighted by atomic mass is 16.5. The van der Waals surface area contributed by atoms with E-state index in [-0.39, 0.29) is 19.1 Å². The van der Waals surface area contributed by atoms with Crippen LogP contribution in [0.5, 0.6) is 0 Å². The van der Waals surface area contributed by atoms with Gasteiger partial charge >= 0.3 is 12.1 Å². The van der Waals surface area contributed by atoms with Crippen molar-refractivity contribution < 1.29 is 24.2 Å². The first kappa shape index (κ1) is 27.0. The van der Waals surface area contributed by atoms with Crippen LogP contribution in [0.25, 0.3) is 11.1 Å². The minimum Gasteiger partial charge on any atom is -0.479 e. The Labute approximate surface area is 239 Å². The summed E-state index contributed by atoms with van der Waals surface area (Å²) < 4.78 is 5.69. The number of nitrogens with one attached hydrogen (secondary N) is 2. The molecule has 41 heavy (non-hydrogen) atoms. The van der Waals surface area contributed by atoms with Crippen LogP contribution < -0.4 is 10.6 Å². The molecule has 3 N–H and O–H groups in total. The first-order valence-corrected chi connectivity index (χ1v) is 14.3.